The van der Waals surface area contributed by atoms with Gasteiger partial charge in [0, 0.05) is 44.3 Å². The summed E-state index contributed by atoms with van der Waals surface area (Å²) in [5, 5.41) is 15.7. The molecule has 3 atom stereocenters. The Morgan fingerprint density at radius 1 is 1.19 bits per heavy atom. The van der Waals surface area contributed by atoms with Crippen molar-refractivity contribution in [3.63, 3.8) is 0 Å². The topological polar surface area (TPSA) is 50.3 Å². The van der Waals surface area contributed by atoms with E-state index in [0.717, 1.165) is 46.9 Å². The number of hydrogen-bond acceptors (Lipinski definition) is 6. The first-order valence-corrected chi connectivity index (χ1v) is 11.0. The van der Waals surface area contributed by atoms with Gasteiger partial charge in [-0.05, 0) is 54.9 Å². The van der Waals surface area contributed by atoms with E-state index in [1.165, 1.54) is 45.3 Å². The Hall–Kier alpha value is -0.950. The largest absolute Gasteiger partial charge is 0.381 e. The average molecular weight is 393 g/mol. The second-order valence-electron chi connectivity index (χ2n) is 8.11. The van der Waals surface area contributed by atoms with Crippen LogP contribution in [-0.4, -0.2) is 54.0 Å². The summed E-state index contributed by atoms with van der Waals surface area (Å²) in [6.07, 6.45) is 4.96. The number of halogens is 1. The van der Waals surface area contributed by atoms with Gasteiger partial charge in [0.15, 0.2) is 11.0 Å². The lowest BCUT2D eigenvalue weighted by molar-refractivity contribution is 0.0545. The molecule has 5 rings (SSSR count). The van der Waals surface area contributed by atoms with Crippen molar-refractivity contribution in [3.8, 4) is 0 Å². The number of fused-ring (bicyclic) bond motifs is 2. The van der Waals surface area contributed by atoms with Crippen molar-refractivity contribution in [3.05, 3.63) is 16.6 Å². The van der Waals surface area contributed by atoms with Crippen LogP contribution < -0.4 is 5.32 Å². The third kappa shape index (κ3) is 3.33. The van der Waals surface area contributed by atoms with Crippen LogP contribution in [0, 0.1) is 17.8 Å². The lowest BCUT2D eigenvalue weighted by atomic mass is 10.00. The van der Waals surface area contributed by atoms with E-state index < -0.39 is 0 Å². The SMILES string of the molecule is Clc1nnc(N[C@H]2C[C@@H]3CN(CC4CCOCC4)C[C@@H]3C2)c2sccc12. The van der Waals surface area contributed by atoms with Crippen LogP contribution in [0.15, 0.2) is 11.4 Å². The highest BCUT2D eigenvalue weighted by Gasteiger charge is 2.41. The van der Waals surface area contributed by atoms with Crippen LogP contribution in [-0.2, 0) is 4.74 Å². The third-order valence-corrected chi connectivity index (χ3v) is 7.57. The highest BCUT2D eigenvalue weighted by Crippen LogP contribution is 2.41. The van der Waals surface area contributed by atoms with Crippen LogP contribution in [0.4, 0.5) is 5.82 Å². The average Bonchev–Trinajstić information content (AvgIpc) is 3.33. The summed E-state index contributed by atoms with van der Waals surface area (Å²) in [5.41, 5.74) is 0. The number of thiophene rings is 1. The van der Waals surface area contributed by atoms with Crippen molar-refractivity contribution in [1.29, 1.82) is 0 Å². The standard InChI is InChI=1S/C19H25ClN4OS/c20-18-16-3-6-26-17(16)19(23-22-18)21-15-7-13-10-24(11-14(13)8-15)9-12-1-4-25-5-2-12/h3,6,12-15H,1-2,4-5,7-11H2,(H,21,23)/t13-,14+,15+. The van der Waals surface area contributed by atoms with E-state index in [9.17, 15) is 0 Å². The van der Waals surface area contributed by atoms with E-state index in [0.29, 0.717) is 11.2 Å². The number of rotatable bonds is 4. The molecular formula is C19H25ClN4OS. The Labute approximate surface area is 163 Å². The molecule has 3 aliphatic rings. The van der Waals surface area contributed by atoms with Gasteiger partial charge in [0.2, 0.25) is 0 Å². The maximum absolute atomic E-state index is 6.15. The first kappa shape index (κ1) is 17.2. The molecule has 1 saturated carbocycles. The summed E-state index contributed by atoms with van der Waals surface area (Å²) in [5.74, 6) is 3.40. The molecule has 140 valence electrons. The molecule has 3 fully saturated rings. The summed E-state index contributed by atoms with van der Waals surface area (Å²) in [7, 11) is 0. The fourth-order valence-electron chi connectivity index (χ4n) is 5.09. The van der Waals surface area contributed by atoms with Gasteiger partial charge in [-0.15, -0.1) is 21.5 Å². The Bertz CT molecular complexity index is 764. The Balaban J connectivity index is 1.19. The van der Waals surface area contributed by atoms with Crippen molar-refractivity contribution in [2.24, 2.45) is 17.8 Å². The van der Waals surface area contributed by atoms with Gasteiger partial charge in [-0.3, -0.25) is 0 Å². The highest BCUT2D eigenvalue weighted by molar-refractivity contribution is 7.17. The van der Waals surface area contributed by atoms with Gasteiger partial charge in [-0.25, -0.2) is 0 Å². The summed E-state index contributed by atoms with van der Waals surface area (Å²) < 4.78 is 6.62. The molecule has 0 spiro atoms. The molecule has 7 heteroatoms. The summed E-state index contributed by atoms with van der Waals surface area (Å²) in [6, 6.07) is 2.54. The van der Waals surface area contributed by atoms with Gasteiger partial charge in [0.05, 0.1) is 4.70 Å². The van der Waals surface area contributed by atoms with Crippen LogP contribution in [0.2, 0.25) is 5.15 Å². The quantitative estimate of drug-likeness (QED) is 0.855. The summed E-state index contributed by atoms with van der Waals surface area (Å²) in [6.45, 7) is 5.71. The molecule has 1 N–H and O–H groups in total. The van der Waals surface area contributed by atoms with Gasteiger partial charge < -0.3 is 15.0 Å². The number of nitrogens with zero attached hydrogens (tertiary/aromatic N) is 3. The highest BCUT2D eigenvalue weighted by atomic mass is 35.5. The minimum atomic E-state index is 0.499. The first-order valence-electron chi connectivity index (χ1n) is 9.72. The van der Waals surface area contributed by atoms with Gasteiger partial charge in [0.25, 0.3) is 0 Å². The predicted octanol–water partition coefficient (Wildman–Crippen LogP) is 3.89. The van der Waals surface area contributed by atoms with Gasteiger partial charge >= 0.3 is 0 Å². The van der Waals surface area contributed by atoms with Gasteiger partial charge in [-0.1, -0.05) is 11.6 Å². The minimum absolute atomic E-state index is 0.499. The van der Waals surface area contributed by atoms with Gasteiger partial charge in [0.1, 0.15) is 0 Å². The third-order valence-electron chi connectivity index (χ3n) is 6.37. The molecule has 2 aromatic rings. The molecule has 2 aliphatic heterocycles. The Kier molecular flexibility index (Phi) is 4.77. The molecule has 0 amide bonds. The zero-order valence-electron chi connectivity index (χ0n) is 14.9. The Morgan fingerprint density at radius 3 is 2.73 bits per heavy atom. The van der Waals surface area contributed by atoms with E-state index >= 15 is 0 Å². The second-order valence-corrected chi connectivity index (χ2v) is 9.38. The van der Waals surface area contributed by atoms with Crippen molar-refractivity contribution in [2.45, 2.75) is 31.7 Å². The van der Waals surface area contributed by atoms with Crippen molar-refractivity contribution >= 4 is 38.8 Å². The smallest absolute Gasteiger partial charge is 0.167 e. The molecule has 0 unspecified atom stereocenters. The van der Waals surface area contributed by atoms with E-state index in [4.69, 9.17) is 16.3 Å². The van der Waals surface area contributed by atoms with Crippen molar-refractivity contribution in [2.75, 3.05) is 38.2 Å². The Morgan fingerprint density at radius 2 is 1.96 bits per heavy atom. The van der Waals surface area contributed by atoms with E-state index in [1.807, 2.05) is 6.07 Å². The van der Waals surface area contributed by atoms with Crippen LogP contribution in [0.1, 0.15) is 25.7 Å². The summed E-state index contributed by atoms with van der Waals surface area (Å²) >= 11 is 7.84. The first-order chi connectivity index (χ1) is 12.8. The zero-order chi connectivity index (χ0) is 17.5. The summed E-state index contributed by atoms with van der Waals surface area (Å²) in [4.78, 5) is 2.71. The number of hydrogen-bond donors (Lipinski definition) is 1. The molecule has 2 aromatic heterocycles. The molecule has 5 nitrogen and oxygen atoms in total. The second kappa shape index (κ2) is 7.23. The number of ether oxygens (including phenoxy) is 1. The van der Waals surface area contributed by atoms with Gasteiger partial charge in [-0.2, -0.15) is 0 Å². The predicted molar refractivity (Wildman–Crippen MR) is 106 cm³/mol. The monoisotopic (exact) mass is 392 g/mol. The molecule has 0 aromatic carbocycles. The number of nitrogens with one attached hydrogen (secondary N) is 1. The lowest BCUT2D eigenvalue weighted by Gasteiger charge is -2.27. The molecule has 26 heavy (non-hydrogen) atoms. The lowest BCUT2D eigenvalue weighted by Crippen LogP contribution is -2.32. The van der Waals surface area contributed by atoms with Crippen molar-refractivity contribution in [1.82, 2.24) is 15.1 Å². The molecule has 1 aliphatic carbocycles. The van der Waals surface area contributed by atoms with Crippen LogP contribution >= 0.6 is 22.9 Å². The van der Waals surface area contributed by atoms with Crippen LogP contribution in [0.3, 0.4) is 0 Å². The fourth-order valence-corrected chi connectivity index (χ4v) is 6.19. The van der Waals surface area contributed by atoms with E-state index in [2.05, 4.69) is 25.8 Å². The molecule has 2 saturated heterocycles. The van der Waals surface area contributed by atoms with Crippen LogP contribution in [0.5, 0.6) is 0 Å². The normalized spacial score (nSPS) is 30.1. The maximum Gasteiger partial charge on any atom is 0.167 e. The molecular weight excluding hydrogens is 368 g/mol. The minimum Gasteiger partial charge on any atom is -0.381 e. The molecule has 4 heterocycles. The maximum atomic E-state index is 6.15. The molecule has 0 radical (unpaired) electrons. The molecule has 0 bridgehead atoms. The van der Waals surface area contributed by atoms with E-state index in [1.54, 1.807) is 11.3 Å². The van der Waals surface area contributed by atoms with Crippen molar-refractivity contribution < 1.29 is 4.74 Å². The fraction of sp³-hybridized carbons (Fsp3) is 0.684. The number of anilines is 1. The number of likely N-dealkylation sites (tertiary alicyclic amines) is 1. The van der Waals surface area contributed by atoms with Crippen LogP contribution in [0.25, 0.3) is 10.1 Å². The number of aromatic nitrogens is 2. The zero-order valence-corrected chi connectivity index (χ0v) is 16.4. The van der Waals surface area contributed by atoms with E-state index in [-0.39, 0.29) is 0 Å².